The van der Waals surface area contributed by atoms with Crippen LogP contribution >= 0.6 is 0 Å². The zero-order valence-corrected chi connectivity index (χ0v) is 9.85. The monoisotopic (exact) mass is 234 g/mol. The van der Waals surface area contributed by atoms with Crippen LogP contribution in [0, 0.1) is 5.41 Å². The van der Waals surface area contributed by atoms with Gasteiger partial charge in [0.05, 0.1) is 6.20 Å². The molecule has 1 aliphatic rings. The normalized spacial score (nSPS) is 16.0. The van der Waals surface area contributed by atoms with Crippen molar-refractivity contribution < 1.29 is 4.74 Å². The molecule has 1 aromatic rings. The van der Waals surface area contributed by atoms with Crippen molar-refractivity contribution in [1.82, 2.24) is 9.88 Å². The number of aromatic nitrogens is 1. The summed E-state index contributed by atoms with van der Waals surface area (Å²) in [4.78, 5) is 6.44. The number of nitrogen functional groups attached to an aromatic ring is 1. The summed E-state index contributed by atoms with van der Waals surface area (Å²) in [6, 6.07) is 3.50. The Hall–Kier alpha value is -1.62. The van der Waals surface area contributed by atoms with Gasteiger partial charge < -0.3 is 10.5 Å². The highest BCUT2D eigenvalue weighted by Crippen LogP contribution is 2.10. The fourth-order valence-electron chi connectivity index (χ4n) is 1.92. The lowest BCUT2D eigenvalue weighted by molar-refractivity contribution is 0.237. The number of hydrogen-bond acceptors (Lipinski definition) is 4. The first kappa shape index (κ1) is 11.9. The summed E-state index contributed by atoms with van der Waals surface area (Å²) >= 11 is 0. The molecule has 1 saturated heterocycles. The number of amidine groups is 1. The van der Waals surface area contributed by atoms with E-state index in [2.05, 4.69) is 9.88 Å². The van der Waals surface area contributed by atoms with Crippen molar-refractivity contribution in [2.45, 2.75) is 12.8 Å². The minimum absolute atomic E-state index is 0.0198. The van der Waals surface area contributed by atoms with Crippen LogP contribution in [0.4, 0.5) is 0 Å². The van der Waals surface area contributed by atoms with Crippen LogP contribution in [-0.4, -0.2) is 42.0 Å². The van der Waals surface area contributed by atoms with Crippen molar-refractivity contribution in [3.63, 3.8) is 0 Å². The van der Waals surface area contributed by atoms with Gasteiger partial charge in [0.25, 0.3) is 0 Å². The molecule has 5 nitrogen and oxygen atoms in total. The van der Waals surface area contributed by atoms with E-state index in [1.807, 2.05) is 0 Å². The number of nitrogens with one attached hydrogen (secondary N) is 1. The number of rotatable bonds is 5. The van der Waals surface area contributed by atoms with Gasteiger partial charge in [-0.25, -0.2) is 4.98 Å². The summed E-state index contributed by atoms with van der Waals surface area (Å²) < 4.78 is 5.59. The van der Waals surface area contributed by atoms with E-state index in [1.165, 1.54) is 25.9 Å². The third kappa shape index (κ3) is 3.42. The van der Waals surface area contributed by atoms with Gasteiger partial charge in [-0.1, -0.05) is 0 Å². The molecule has 2 heterocycles. The van der Waals surface area contributed by atoms with E-state index in [0.29, 0.717) is 12.3 Å². The number of pyridine rings is 1. The highest BCUT2D eigenvalue weighted by Gasteiger charge is 2.10. The van der Waals surface area contributed by atoms with Gasteiger partial charge in [-0.2, -0.15) is 0 Å². The Morgan fingerprint density at radius 1 is 1.41 bits per heavy atom. The molecule has 0 saturated carbocycles. The fraction of sp³-hybridized carbons (Fsp3) is 0.500. The molecule has 0 aliphatic carbocycles. The number of ether oxygens (including phenoxy) is 1. The van der Waals surface area contributed by atoms with Gasteiger partial charge in [0.1, 0.15) is 23.9 Å². The summed E-state index contributed by atoms with van der Waals surface area (Å²) in [6.45, 7) is 4.02. The second kappa shape index (κ2) is 5.63. The topological polar surface area (TPSA) is 75.2 Å². The molecule has 5 heteroatoms. The summed E-state index contributed by atoms with van der Waals surface area (Å²) in [5.41, 5.74) is 5.80. The number of nitrogens with two attached hydrogens (primary N) is 1. The maximum Gasteiger partial charge on any atom is 0.141 e. The van der Waals surface area contributed by atoms with Crippen LogP contribution in [-0.2, 0) is 0 Å². The number of nitrogens with zero attached hydrogens (tertiary/aromatic N) is 2. The first-order valence-electron chi connectivity index (χ1n) is 5.91. The highest BCUT2D eigenvalue weighted by molar-refractivity contribution is 5.92. The van der Waals surface area contributed by atoms with E-state index < -0.39 is 0 Å². The first-order chi connectivity index (χ1) is 8.25. The number of hydrogen-bond donors (Lipinski definition) is 2. The Morgan fingerprint density at radius 3 is 2.76 bits per heavy atom. The van der Waals surface area contributed by atoms with Crippen molar-refractivity contribution in [2.24, 2.45) is 5.73 Å². The van der Waals surface area contributed by atoms with Gasteiger partial charge in [0.2, 0.25) is 0 Å². The quantitative estimate of drug-likeness (QED) is 0.585. The van der Waals surface area contributed by atoms with E-state index in [1.54, 1.807) is 18.3 Å². The van der Waals surface area contributed by atoms with Crippen LogP contribution in [0.3, 0.4) is 0 Å². The van der Waals surface area contributed by atoms with Gasteiger partial charge >= 0.3 is 0 Å². The van der Waals surface area contributed by atoms with E-state index >= 15 is 0 Å². The molecule has 0 amide bonds. The Balaban J connectivity index is 1.76. The Morgan fingerprint density at radius 2 is 2.18 bits per heavy atom. The largest absolute Gasteiger partial charge is 0.491 e. The van der Waals surface area contributed by atoms with Crippen LogP contribution in [0.15, 0.2) is 18.3 Å². The molecule has 0 spiro atoms. The summed E-state index contributed by atoms with van der Waals surface area (Å²) in [5, 5.41) is 7.22. The maximum atomic E-state index is 7.22. The molecule has 1 fully saturated rings. The van der Waals surface area contributed by atoms with Gasteiger partial charge in [0, 0.05) is 6.54 Å². The molecule has 1 aliphatic heterocycles. The smallest absolute Gasteiger partial charge is 0.141 e. The zero-order valence-electron chi connectivity index (χ0n) is 9.85. The molecule has 17 heavy (non-hydrogen) atoms. The Kier molecular flexibility index (Phi) is 3.93. The van der Waals surface area contributed by atoms with Gasteiger partial charge in [-0.3, -0.25) is 10.3 Å². The van der Waals surface area contributed by atoms with Gasteiger partial charge in [0.15, 0.2) is 0 Å². The molecule has 0 atom stereocenters. The summed E-state index contributed by atoms with van der Waals surface area (Å²) in [5.74, 6) is 0.711. The molecule has 0 radical (unpaired) electrons. The van der Waals surface area contributed by atoms with Crippen molar-refractivity contribution in [3.8, 4) is 5.75 Å². The molecule has 0 bridgehead atoms. The molecule has 0 unspecified atom stereocenters. The molecule has 1 aromatic heterocycles. The predicted octanol–water partition coefficient (Wildman–Crippen LogP) is 0.840. The van der Waals surface area contributed by atoms with Crippen LogP contribution in [0.25, 0.3) is 0 Å². The molecule has 3 N–H and O–H groups in total. The lowest BCUT2D eigenvalue weighted by Crippen LogP contribution is -2.25. The van der Waals surface area contributed by atoms with E-state index in [4.69, 9.17) is 15.9 Å². The SMILES string of the molecule is N=C(N)c1ccc(OCCN2CCCC2)cn1. The number of likely N-dealkylation sites (tertiary alicyclic amines) is 1. The van der Waals surface area contributed by atoms with Crippen molar-refractivity contribution in [3.05, 3.63) is 24.0 Å². The lowest BCUT2D eigenvalue weighted by Gasteiger charge is -2.14. The third-order valence-corrected chi connectivity index (χ3v) is 2.89. The third-order valence-electron chi connectivity index (χ3n) is 2.89. The summed E-state index contributed by atoms with van der Waals surface area (Å²) in [6.07, 6.45) is 4.21. The average Bonchev–Trinajstić information content (AvgIpc) is 2.83. The molecule has 0 aromatic carbocycles. The van der Waals surface area contributed by atoms with Crippen molar-refractivity contribution >= 4 is 5.84 Å². The van der Waals surface area contributed by atoms with Crippen LogP contribution < -0.4 is 10.5 Å². The highest BCUT2D eigenvalue weighted by atomic mass is 16.5. The van der Waals surface area contributed by atoms with Crippen LogP contribution in [0.5, 0.6) is 5.75 Å². The fourth-order valence-corrected chi connectivity index (χ4v) is 1.92. The predicted molar refractivity (Wildman–Crippen MR) is 66.4 cm³/mol. The van der Waals surface area contributed by atoms with Crippen LogP contribution in [0.2, 0.25) is 0 Å². The second-order valence-electron chi connectivity index (χ2n) is 4.19. The minimum Gasteiger partial charge on any atom is -0.491 e. The lowest BCUT2D eigenvalue weighted by atomic mass is 10.3. The Labute approximate surface area is 101 Å². The Bertz CT molecular complexity index is 371. The average molecular weight is 234 g/mol. The van der Waals surface area contributed by atoms with Crippen molar-refractivity contribution in [2.75, 3.05) is 26.2 Å². The molecule has 2 rings (SSSR count). The van der Waals surface area contributed by atoms with Crippen LogP contribution in [0.1, 0.15) is 18.5 Å². The zero-order chi connectivity index (χ0) is 12.1. The van der Waals surface area contributed by atoms with Gasteiger partial charge in [-0.15, -0.1) is 0 Å². The van der Waals surface area contributed by atoms with E-state index in [0.717, 1.165) is 12.3 Å². The summed E-state index contributed by atoms with van der Waals surface area (Å²) in [7, 11) is 0. The van der Waals surface area contributed by atoms with Crippen molar-refractivity contribution in [1.29, 1.82) is 5.41 Å². The minimum atomic E-state index is -0.0198. The maximum absolute atomic E-state index is 7.22. The van der Waals surface area contributed by atoms with E-state index in [9.17, 15) is 0 Å². The standard InChI is InChI=1S/C12H18N4O/c13-12(14)11-4-3-10(9-15-11)17-8-7-16-5-1-2-6-16/h3-4,9H,1-2,5-8H2,(H3,13,14). The van der Waals surface area contributed by atoms with E-state index in [-0.39, 0.29) is 5.84 Å². The second-order valence-corrected chi connectivity index (χ2v) is 4.19. The first-order valence-corrected chi connectivity index (χ1v) is 5.91. The molecular weight excluding hydrogens is 216 g/mol. The van der Waals surface area contributed by atoms with Gasteiger partial charge in [-0.05, 0) is 38.1 Å². The molecule has 92 valence electrons. The molecular formula is C12H18N4O.